The maximum Gasteiger partial charge on any atom is 0.325 e. The Balaban J connectivity index is 1.99. The topological polar surface area (TPSA) is 231 Å². The second kappa shape index (κ2) is 12.9. The molecule has 3 atom stereocenters. The highest BCUT2D eigenvalue weighted by molar-refractivity contribution is 5.93. The summed E-state index contributed by atoms with van der Waals surface area (Å²) >= 11 is 0. The predicted octanol–water partition coefficient (Wildman–Crippen LogP) is -1.72. The number of rotatable bonds is 13. The van der Waals surface area contributed by atoms with Gasteiger partial charge in [-0.2, -0.15) is 0 Å². The molecule has 1 heterocycles. The monoisotopic (exact) mass is 488 g/mol. The van der Waals surface area contributed by atoms with E-state index in [0.717, 1.165) is 16.5 Å². The number of nitrogens with zero attached hydrogens (tertiary/aromatic N) is 1. The molecule has 13 heteroatoms. The van der Waals surface area contributed by atoms with Crippen molar-refractivity contribution in [3.63, 3.8) is 0 Å². The van der Waals surface area contributed by atoms with Crippen LogP contribution in [0.4, 0.5) is 0 Å². The van der Waals surface area contributed by atoms with Gasteiger partial charge in [0.05, 0.1) is 12.6 Å². The van der Waals surface area contributed by atoms with Crippen molar-refractivity contribution < 1.29 is 24.3 Å². The number of nitrogens with two attached hydrogens (primary N) is 3. The molecule has 11 N–H and O–H groups in total. The van der Waals surface area contributed by atoms with Gasteiger partial charge >= 0.3 is 5.97 Å². The number of para-hydroxylation sites is 1. The Morgan fingerprint density at radius 2 is 1.83 bits per heavy atom. The quantitative estimate of drug-likeness (QED) is 0.0915. The van der Waals surface area contributed by atoms with Crippen molar-refractivity contribution in [1.82, 2.24) is 20.9 Å². The molecule has 2 rings (SSSR count). The van der Waals surface area contributed by atoms with Crippen LogP contribution in [0.5, 0.6) is 0 Å². The number of carbonyl (C=O) groups excluding carboxylic acids is 3. The van der Waals surface area contributed by atoms with Gasteiger partial charge in [0.15, 0.2) is 5.96 Å². The van der Waals surface area contributed by atoms with Crippen molar-refractivity contribution in [1.29, 1.82) is 0 Å². The van der Waals surface area contributed by atoms with Gasteiger partial charge < -0.3 is 43.2 Å². The molecular formula is C22H32N8O5. The van der Waals surface area contributed by atoms with E-state index >= 15 is 0 Å². The summed E-state index contributed by atoms with van der Waals surface area (Å²) in [4.78, 5) is 55.5. The number of H-pyrrole nitrogens is 1. The van der Waals surface area contributed by atoms with Gasteiger partial charge in [-0.1, -0.05) is 18.2 Å². The third-order valence-electron chi connectivity index (χ3n) is 5.21. The van der Waals surface area contributed by atoms with Crippen LogP contribution < -0.4 is 33.2 Å². The molecule has 13 nitrogen and oxygen atoms in total. The molecule has 190 valence electrons. The lowest BCUT2D eigenvalue weighted by Gasteiger charge is -2.20. The number of guanidine groups is 1. The van der Waals surface area contributed by atoms with Crippen LogP contribution in [0.25, 0.3) is 10.9 Å². The third kappa shape index (κ3) is 8.62. The summed E-state index contributed by atoms with van der Waals surface area (Å²) in [5.41, 5.74) is 17.9. The molecule has 1 aromatic heterocycles. The lowest BCUT2D eigenvalue weighted by Crippen LogP contribution is -2.54. The molecule has 0 aliphatic rings. The van der Waals surface area contributed by atoms with Gasteiger partial charge in [-0.3, -0.25) is 24.2 Å². The smallest absolute Gasteiger partial charge is 0.325 e. The highest BCUT2D eigenvalue weighted by Crippen LogP contribution is 2.19. The highest BCUT2D eigenvalue weighted by atomic mass is 16.4. The zero-order valence-electron chi connectivity index (χ0n) is 19.4. The second-order valence-corrected chi connectivity index (χ2v) is 8.03. The number of hydrogen-bond donors (Lipinski definition) is 8. The van der Waals surface area contributed by atoms with Crippen molar-refractivity contribution in [2.24, 2.45) is 22.2 Å². The van der Waals surface area contributed by atoms with Gasteiger partial charge in [-0.25, -0.2) is 0 Å². The fourth-order valence-electron chi connectivity index (χ4n) is 3.30. The summed E-state index contributed by atoms with van der Waals surface area (Å²) in [7, 11) is 0. The highest BCUT2D eigenvalue weighted by Gasteiger charge is 2.26. The molecule has 35 heavy (non-hydrogen) atoms. The first-order chi connectivity index (χ1) is 16.6. The summed E-state index contributed by atoms with van der Waals surface area (Å²) in [6.07, 6.45) is 2.61. The van der Waals surface area contributed by atoms with Crippen molar-refractivity contribution >= 4 is 40.6 Å². The van der Waals surface area contributed by atoms with E-state index in [9.17, 15) is 19.2 Å². The number of hydrogen-bond acceptors (Lipinski definition) is 6. The Hall–Kier alpha value is -4.13. The Kier molecular flexibility index (Phi) is 10.0. The van der Waals surface area contributed by atoms with Crippen molar-refractivity contribution in [2.45, 2.75) is 44.3 Å². The lowest BCUT2D eigenvalue weighted by atomic mass is 10.0. The Morgan fingerprint density at radius 1 is 1.11 bits per heavy atom. The summed E-state index contributed by atoms with van der Waals surface area (Å²) in [6, 6.07) is 4.35. The number of aromatic nitrogens is 1. The molecule has 0 bridgehead atoms. The number of carboxylic acids is 1. The molecule has 3 unspecified atom stereocenters. The molecule has 0 aliphatic heterocycles. The Morgan fingerprint density at radius 3 is 2.51 bits per heavy atom. The van der Waals surface area contributed by atoms with Crippen LogP contribution in [0, 0.1) is 0 Å². The van der Waals surface area contributed by atoms with Crippen LogP contribution in [0.15, 0.2) is 35.5 Å². The van der Waals surface area contributed by atoms with E-state index < -0.39 is 48.4 Å². The van der Waals surface area contributed by atoms with E-state index in [1.807, 2.05) is 24.3 Å². The molecule has 0 aliphatic carbocycles. The second-order valence-electron chi connectivity index (χ2n) is 8.03. The standard InChI is InChI=1S/C22H32N8O5/c1-12(21(34)35)29-20(33)17(9-13-10-27-16-7-3-2-5-14(13)16)30-18(31)11-28-19(32)15(23)6-4-8-26-22(24)25/h2-3,5,7,10,12,15,17,27H,4,6,8-9,11,23H2,1H3,(H,28,32)(H,29,33)(H,30,31)(H,34,35)(H4,24,25,26). The molecular weight excluding hydrogens is 456 g/mol. The number of carbonyl (C=O) groups is 4. The van der Waals surface area contributed by atoms with E-state index in [4.69, 9.17) is 22.3 Å². The average molecular weight is 489 g/mol. The number of nitrogens with one attached hydrogen (secondary N) is 4. The molecule has 0 saturated carbocycles. The fourth-order valence-corrected chi connectivity index (χ4v) is 3.30. The van der Waals surface area contributed by atoms with E-state index in [1.54, 1.807) is 6.20 Å². The number of carboxylic acid groups (broad SMARTS) is 1. The summed E-state index contributed by atoms with van der Waals surface area (Å²) in [5, 5.41) is 17.3. The lowest BCUT2D eigenvalue weighted by molar-refractivity contribution is -0.141. The van der Waals surface area contributed by atoms with Crippen LogP contribution in [0.1, 0.15) is 25.3 Å². The molecule has 3 amide bonds. The van der Waals surface area contributed by atoms with Gasteiger partial charge in [-0.15, -0.1) is 0 Å². The minimum atomic E-state index is -1.21. The third-order valence-corrected chi connectivity index (χ3v) is 5.21. The van der Waals surface area contributed by atoms with E-state index in [-0.39, 0.29) is 12.4 Å². The Bertz CT molecular complexity index is 1080. The minimum absolute atomic E-state index is 0.0522. The molecule has 0 fully saturated rings. The first-order valence-electron chi connectivity index (χ1n) is 11.0. The normalized spacial score (nSPS) is 13.3. The van der Waals surface area contributed by atoms with E-state index in [2.05, 4.69) is 25.9 Å². The first kappa shape index (κ1) is 27.1. The molecule has 0 spiro atoms. The van der Waals surface area contributed by atoms with Crippen LogP contribution >= 0.6 is 0 Å². The van der Waals surface area contributed by atoms with Crippen LogP contribution in [-0.4, -0.2) is 71.0 Å². The maximum absolute atomic E-state index is 12.8. The SMILES string of the molecule is CC(NC(=O)C(Cc1c[nH]c2ccccc12)NC(=O)CNC(=O)C(N)CCCN=C(N)N)C(=O)O. The zero-order valence-corrected chi connectivity index (χ0v) is 19.4. The van der Waals surface area contributed by atoms with Gasteiger partial charge in [0.1, 0.15) is 12.1 Å². The number of aromatic amines is 1. The number of fused-ring (bicyclic) bond motifs is 1. The van der Waals surface area contributed by atoms with Gasteiger partial charge in [0.2, 0.25) is 17.7 Å². The molecule has 1 aromatic carbocycles. The van der Waals surface area contributed by atoms with E-state index in [0.29, 0.717) is 19.4 Å². The molecule has 0 saturated heterocycles. The van der Waals surface area contributed by atoms with Crippen LogP contribution in [0.3, 0.4) is 0 Å². The molecule has 2 aromatic rings. The van der Waals surface area contributed by atoms with Crippen molar-refractivity contribution in [3.8, 4) is 0 Å². The summed E-state index contributed by atoms with van der Waals surface area (Å²) in [6.45, 7) is 1.23. The number of amides is 3. The van der Waals surface area contributed by atoms with Crippen molar-refractivity contribution in [2.75, 3.05) is 13.1 Å². The van der Waals surface area contributed by atoms with Gasteiger partial charge in [0.25, 0.3) is 0 Å². The van der Waals surface area contributed by atoms with Crippen molar-refractivity contribution in [3.05, 3.63) is 36.0 Å². The summed E-state index contributed by atoms with van der Waals surface area (Å²) < 4.78 is 0. The Labute approximate surface area is 201 Å². The first-order valence-corrected chi connectivity index (χ1v) is 11.0. The average Bonchev–Trinajstić information content (AvgIpc) is 3.22. The van der Waals surface area contributed by atoms with Gasteiger partial charge in [0, 0.05) is 30.1 Å². The maximum atomic E-state index is 12.8. The minimum Gasteiger partial charge on any atom is -0.480 e. The number of benzene rings is 1. The zero-order chi connectivity index (χ0) is 26.0. The van der Waals surface area contributed by atoms with Gasteiger partial charge in [-0.05, 0) is 31.4 Å². The fraction of sp³-hybridized carbons (Fsp3) is 0.409. The molecule has 0 radical (unpaired) electrons. The predicted molar refractivity (Wildman–Crippen MR) is 130 cm³/mol. The number of aliphatic carboxylic acids is 1. The largest absolute Gasteiger partial charge is 0.480 e. The van der Waals surface area contributed by atoms with Crippen LogP contribution in [0.2, 0.25) is 0 Å². The number of aliphatic imine (C=N–C) groups is 1. The van der Waals surface area contributed by atoms with E-state index in [1.165, 1.54) is 6.92 Å². The van der Waals surface area contributed by atoms with Crippen LogP contribution in [-0.2, 0) is 25.6 Å². The summed E-state index contributed by atoms with van der Waals surface area (Å²) in [5.74, 6) is -3.10.